The van der Waals surface area contributed by atoms with E-state index in [9.17, 15) is 9.59 Å². The second-order valence-corrected chi connectivity index (χ2v) is 8.04. The molecule has 2 aromatic carbocycles. The number of anilines is 1. The van der Waals surface area contributed by atoms with Crippen molar-refractivity contribution >= 4 is 17.5 Å². The largest absolute Gasteiger partial charge is 0.497 e. The number of piperidine rings is 1. The molecule has 0 radical (unpaired) electrons. The Hall–Kier alpha value is -3.67. The van der Waals surface area contributed by atoms with Crippen LogP contribution in [0.4, 0.5) is 5.69 Å². The molecule has 164 valence electrons. The highest BCUT2D eigenvalue weighted by Gasteiger charge is 2.41. The summed E-state index contributed by atoms with van der Waals surface area (Å²) in [6, 6.07) is 18.8. The number of nitrogens with one attached hydrogen (secondary N) is 1. The molecular formula is C26H27N3O3. The summed E-state index contributed by atoms with van der Waals surface area (Å²) in [6.45, 7) is 2.41. The molecule has 1 N–H and O–H groups in total. The number of carbonyl (C=O) groups is 2. The molecule has 1 aliphatic heterocycles. The molecule has 4 rings (SSSR count). The Morgan fingerprint density at radius 1 is 1.12 bits per heavy atom. The number of methoxy groups -OCH3 is 1. The maximum atomic E-state index is 13.3. The lowest BCUT2D eigenvalue weighted by molar-refractivity contribution is -0.129. The number of hydrogen-bond donors (Lipinski definition) is 1. The minimum absolute atomic E-state index is 0.0194. The van der Waals surface area contributed by atoms with Crippen molar-refractivity contribution in [3.8, 4) is 5.75 Å². The van der Waals surface area contributed by atoms with Crippen LogP contribution in [-0.2, 0) is 16.1 Å². The third kappa shape index (κ3) is 4.64. The lowest BCUT2D eigenvalue weighted by atomic mass is 9.83. The number of ether oxygens (including phenoxy) is 1. The quantitative estimate of drug-likeness (QED) is 0.638. The van der Waals surface area contributed by atoms with E-state index in [1.54, 1.807) is 24.4 Å². The van der Waals surface area contributed by atoms with E-state index in [0.717, 1.165) is 28.1 Å². The molecule has 1 saturated heterocycles. The Kier molecular flexibility index (Phi) is 6.50. The van der Waals surface area contributed by atoms with E-state index in [1.165, 1.54) is 0 Å². The number of benzene rings is 2. The average molecular weight is 430 g/mol. The smallest absolute Gasteiger partial charge is 0.227 e. The summed E-state index contributed by atoms with van der Waals surface area (Å²) in [6.07, 6.45) is 4.27. The Balaban J connectivity index is 1.67. The Bertz CT molecular complexity index is 1070. The molecule has 1 fully saturated rings. The third-order valence-electron chi connectivity index (χ3n) is 5.89. The van der Waals surface area contributed by atoms with Gasteiger partial charge in [-0.3, -0.25) is 14.6 Å². The highest BCUT2D eigenvalue weighted by atomic mass is 16.5. The van der Waals surface area contributed by atoms with Crippen LogP contribution in [0.25, 0.3) is 0 Å². The highest BCUT2D eigenvalue weighted by molar-refractivity contribution is 5.97. The average Bonchev–Trinajstić information content (AvgIpc) is 2.84. The number of nitrogens with zero attached hydrogens (tertiary/aromatic N) is 2. The predicted octanol–water partition coefficient (Wildman–Crippen LogP) is 4.20. The van der Waals surface area contributed by atoms with Crippen LogP contribution in [0.5, 0.6) is 5.75 Å². The SMILES string of the molecule is COc1ccc(C2C(C(=O)NCc3cccnc3)CCC(=O)N2c2ccc(C)cc2)cc1. The minimum atomic E-state index is -0.404. The van der Waals surface area contributed by atoms with Crippen LogP contribution in [0, 0.1) is 12.8 Å². The summed E-state index contributed by atoms with van der Waals surface area (Å²) in [4.78, 5) is 32.3. The summed E-state index contributed by atoms with van der Waals surface area (Å²) in [7, 11) is 1.62. The van der Waals surface area contributed by atoms with Crippen LogP contribution < -0.4 is 15.0 Å². The minimum Gasteiger partial charge on any atom is -0.497 e. The molecule has 6 heteroatoms. The first-order valence-corrected chi connectivity index (χ1v) is 10.8. The first-order chi connectivity index (χ1) is 15.6. The number of rotatable bonds is 6. The van der Waals surface area contributed by atoms with Gasteiger partial charge in [0.1, 0.15) is 5.75 Å². The number of aryl methyl sites for hydroxylation is 1. The van der Waals surface area contributed by atoms with Crippen LogP contribution >= 0.6 is 0 Å². The van der Waals surface area contributed by atoms with Gasteiger partial charge >= 0.3 is 0 Å². The fourth-order valence-electron chi connectivity index (χ4n) is 4.18. The van der Waals surface area contributed by atoms with E-state index >= 15 is 0 Å². The lowest BCUT2D eigenvalue weighted by Gasteiger charge is -2.41. The van der Waals surface area contributed by atoms with Crippen molar-refractivity contribution in [1.29, 1.82) is 0 Å². The maximum absolute atomic E-state index is 13.3. The normalized spacial score (nSPS) is 18.3. The first-order valence-electron chi connectivity index (χ1n) is 10.8. The molecule has 32 heavy (non-hydrogen) atoms. The lowest BCUT2D eigenvalue weighted by Crippen LogP contribution is -2.48. The van der Waals surface area contributed by atoms with Crippen molar-refractivity contribution in [1.82, 2.24) is 10.3 Å². The molecule has 1 aliphatic rings. The van der Waals surface area contributed by atoms with E-state index in [-0.39, 0.29) is 17.7 Å². The van der Waals surface area contributed by atoms with Crippen LogP contribution in [0.2, 0.25) is 0 Å². The number of pyridine rings is 1. The fraction of sp³-hybridized carbons (Fsp3) is 0.269. The van der Waals surface area contributed by atoms with Gasteiger partial charge in [-0.05, 0) is 54.8 Å². The summed E-state index contributed by atoms with van der Waals surface area (Å²) < 4.78 is 5.30. The fourth-order valence-corrected chi connectivity index (χ4v) is 4.18. The molecule has 3 aromatic rings. The van der Waals surface area contributed by atoms with Crippen LogP contribution in [-0.4, -0.2) is 23.9 Å². The van der Waals surface area contributed by atoms with Crippen LogP contribution in [0.1, 0.15) is 35.6 Å². The zero-order valence-corrected chi connectivity index (χ0v) is 18.3. The topological polar surface area (TPSA) is 71.5 Å². The summed E-state index contributed by atoms with van der Waals surface area (Å²) in [5.41, 5.74) is 3.75. The van der Waals surface area contributed by atoms with Crippen LogP contribution in [0.15, 0.2) is 73.1 Å². The van der Waals surface area contributed by atoms with Gasteiger partial charge in [-0.25, -0.2) is 0 Å². The van der Waals surface area contributed by atoms with Gasteiger partial charge in [0, 0.05) is 31.0 Å². The van der Waals surface area contributed by atoms with Crippen molar-refractivity contribution in [3.63, 3.8) is 0 Å². The Morgan fingerprint density at radius 3 is 2.53 bits per heavy atom. The van der Waals surface area contributed by atoms with Crippen molar-refractivity contribution < 1.29 is 14.3 Å². The maximum Gasteiger partial charge on any atom is 0.227 e. The summed E-state index contributed by atoms with van der Waals surface area (Å²) in [5.74, 6) is 0.305. The second-order valence-electron chi connectivity index (χ2n) is 8.04. The van der Waals surface area contributed by atoms with E-state index in [2.05, 4.69) is 10.3 Å². The predicted molar refractivity (Wildman–Crippen MR) is 123 cm³/mol. The second kappa shape index (κ2) is 9.64. The molecule has 2 heterocycles. The summed E-state index contributed by atoms with van der Waals surface area (Å²) in [5, 5.41) is 3.05. The van der Waals surface area contributed by atoms with Gasteiger partial charge in [0.2, 0.25) is 11.8 Å². The molecule has 0 aliphatic carbocycles. The van der Waals surface area contributed by atoms with Gasteiger partial charge in [0.25, 0.3) is 0 Å². The van der Waals surface area contributed by atoms with Gasteiger partial charge in [-0.1, -0.05) is 35.9 Å². The molecule has 2 atom stereocenters. The molecule has 0 spiro atoms. The van der Waals surface area contributed by atoms with Crippen molar-refractivity contribution in [2.24, 2.45) is 5.92 Å². The Morgan fingerprint density at radius 2 is 1.88 bits per heavy atom. The Labute approximate surface area is 188 Å². The number of aromatic nitrogens is 1. The molecule has 2 unspecified atom stereocenters. The van der Waals surface area contributed by atoms with Gasteiger partial charge in [0.05, 0.1) is 19.1 Å². The molecule has 2 amide bonds. The van der Waals surface area contributed by atoms with E-state index in [1.807, 2.05) is 67.6 Å². The monoisotopic (exact) mass is 429 g/mol. The third-order valence-corrected chi connectivity index (χ3v) is 5.89. The zero-order chi connectivity index (χ0) is 22.5. The molecule has 1 aromatic heterocycles. The van der Waals surface area contributed by atoms with Crippen molar-refractivity contribution in [2.75, 3.05) is 12.0 Å². The molecule has 0 bridgehead atoms. The standard InChI is InChI=1S/C26H27N3O3/c1-18-5-9-21(10-6-18)29-24(30)14-13-23(25(29)20-7-11-22(32-2)12-8-20)26(31)28-17-19-4-3-15-27-16-19/h3-12,15-16,23,25H,13-14,17H2,1-2H3,(H,28,31). The van der Waals surface area contributed by atoms with E-state index in [0.29, 0.717) is 19.4 Å². The van der Waals surface area contributed by atoms with Gasteiger partial charge < -0.3 is 15.0 Å². The number of carbonyl (C=O) groups excluding carboxylic acids is 2. The van der Waals surface area contributed by atoms with Gasteiger partial charge in [0.15, 0.2) is 0 Å². The van der Waals surface area contributed by atoms with Crippen LogP contribution in [0.3, 0.4) is 0 Å². The molecular weight excluding hydrogens is 402 g/mol. The number of hydrogen-bond acceptors (Lipinski definition) is 4. The van der Waals surface area contributed by atoms with E-state index < -0.39 is 6.04 Å². The number of amides is 2. The zero-order valence-electron chi connectivity index (χ0n) is 18.3. The first kappa shape index (κ1) is 21.6. The van der Waals surface area contributed by atoms with Gasteiger partial charge in [-0.15, -0.1) is 0 Å². The summed E-state index contributed by atoms with van der Waals surface area (Å²) >= 11 is 0. The van der Waals surface area contributed by atoms with Gasteiger partial charge in [-0.2, -0.15) is 0 Å². The highest BCUT2D eigenvalue weighted by Crippen LogP contribution is 2.40. The molecule has 0 saturated carbocycles. The van der Waals surface area contributed by atoms with Crippen molar-refractivity contribution in [3.05, 3.63) is 89.7 Å². The molecule has 6 nitrogen and oxygen atoms in total. The van der Waals surface area contributed by atoms with Crippen molar-refractivity contribution in [2.45, 2.75) is 32.4 Å². The van der Waals surface area contributed by atoms with E-state index in [4.69, 9.17) is 4.74 Å².